The maximum absolute atomic E-state index is 10.7. The zero-order valence-electron chi connectivity index (χ0n) is 15.1. The van der Waals surface area contributed by atoms with Crippen LogP contribution >= 0.6 is 0 Å². The van der Waals surface area contributed by atoms with E-state index in [1.54, 1.807) is 26.2 Å². The third-order valence-corrected chi connectivity index (χ3v) is 3.55. The Bertz CT molecular complexity index is 675. The van der Waals surface area contributed by atoms with Crippen LogP contribution in [0.25, 0.3) is 0 Å². The van der Waals surface area contributed by atoms with Crippen LogP contribution in [0.15, 0.2) is 55.1 Å². The highest BCUT2D eigenvalue weighted by Gasteiger charge is 2.00. The Balaban J connectivity index is 0.000000251. The molecule has 0 aromatic heterocycles. The van der Waals surface area contributed by atoms with E-state index in [4.69, 9.17) is 9.47 Å². The normalized spacial score (nSPS) is 9.56. The van der Waals surface area contributed by atoms with Crippen molar-refractivity contribution in [1.82, 2.24) is 0 Å². The number of hydrogen-bond donors (Lipinski definition) is 1. The second-order valence-corrected chi connectivity index (χ2v) is 5.55. The Morgan fingerprint density at radius 1 is 1.08 bits per heavy atom. The lowest BCUT2D eigenvalue weighted by atomic mass is 10.1. The number of allylic oxidation sites excluding steroid dienone is 1. The van der Waals surface area contributed by atoms with Gasteiger partial charge in [-0.05, 0) is 55.2 Å². The molecule has 4 heteroatoms. The van der Waals surface area contributed by atoms with Crippen molar-refractivity contribution in [1.29, 1.82) is 0 Å². The molecule has 134 valence electrons. The summed E-state index contributed by atoms with van der Waals surface area (Å²) in [6.45, 7) is 5.25. The Morgan fingerprint density at radius 3 is 2.24 bits per heavy atom. The van der Waals surface area contributed by atoms with Crippen molar-refractivity contribution in [3.63, 3.8) is 0 Å². The van der Waals surface area contributed by atoms with E-state index in [9.17, 15) is 9.90 Å². The molecule has 0 amide bonds. The van der Waals surface area contributed by atoms with E-state index in [1.807, 2.05) is 36.4 Å². The maximum Gasteiger partial charge on any atom is 0.160 e. The van der Waals surface area contributed by atoms with Crippen molar-refractivity contribution in [3.05, 3.63) is 66.2 Å². The van der Waals surface area contributed by atoms with Gasteiger partial charge in [-0.15, -0.1) is 6.58 Å². The smallest absolute Gasteiger partial charge is 0.160 e. The van der Waals surface area contributed by atoms with Crippen molar-refractivity contribution < 1.29 is 19.4 Å². The average molecular weight is 342 g/mol. The topological polar surface area (TPSA) is 55.8 Å². The molecule has 0 fully saturated rings. The number of phenols is 1. The fourth-order valence-electron chi connectivity index (χ4n) is 2.13. The van der Waals surface area contributed by atoms with Crippen molar-refractivity contribution >= 4 is 5.78 Å². The van der Waals surface area contributed by atoms with Gasteiger partial charge in [-0.2, -0.15) is 0 Å². The summed E-state index contributed by atoms with van der Waals surface area (Å²) in [4.78, 5) is 10.7. The minimum atomic E-state index is 0.172. The van der Waals surface area contributed by atoms with E-state index >= 15 is 0 Å². The molecule has 0 bridgehead atoms. The molecule has 0 aliphatic heterocycles. The number of ketones is 1. The van der Waals surface area contributed by atoms with Crippen LogP contribution in [0.5, 0.6) is 17.2 Å². The number of hydrogen-bond acceptors (Lipinski definition) is 4. The van der Waals surface area contributed by atoms with Crippen molar-refractivity contribution in [3.8, 4) is 17.2 Å². The van der Waals surface area contributed by atoms with E-state index in [-0.39, 0.29) is 11.5 Å². The lowest BCUT2D eigenvalue weighted by Gasteiger charge is -2.04. The van der Waals surface area contributed by atoms with Gasteiger partial charge in [0, 0.05) is 6.42 Å². The molecule has 25 heavy (non-hydrogen) atoms. The molecule has 0 unspecified atom stereocenters. The molecule has 2 aromatic rings. The number of methoxy groups -OCH3 is 2. The number of Topliss-reactive ketones (excluding diaryl/α,β-unsaturated/α-hetero) is 1. The number of phenolic OH excluding ortho intramolecular Hbond substituents is 1. The van der Waals surface area contributed by atoms with Crippen LogP contribution in [0.3, 0.4) is 0 Å². The lowest BCUT2D eigenvalue weighted by Crippen LogP contribution is -1.93. The monoisotopic (exact) mass is 342 g/mol. The van der Waals surface area contributed by atoms with Crippen LogP contribution in [0.1, 0.15) is 24.5 Å². The predicted molar refractivity (Wildman–Crippen MR) is 101 cm³/mol. The molecule has 0 aliphatic carbocycles. The van der Waals surface area contributed by atoms with Gasteiger partial charge in [-0.25, -0.2) is 0 Å². The third kappa shape index (κ3) is 7.57. The highest BCUT2D eigenvalue weighted by molar-refractivity contribution is 5.75. The summed E-state index contributed by atoms with van der Waals surface area (Å²) in [5.74, 6) is 1.77. The summed E-state index contributed by atoms with van der Waals surface area (Å²) < 4.78 is 9.98. The number of carbonyl (C=O) groups is 1. The van der Waals surface area contributed by atoms with Gasteiger partial charge in [0.1, 0.15) is 11.5 Å². The van der Waals surface area contributed by atoms with Crippen LogP contribution in [0, 0.1) is 0 Å². The molecular weight excluding hydrogens is 316 g/mol. The molecule has 2 aromatic carbocycles. The molecule has 1 N–H and O–H groups in total. The number of aromatic hydroxyl groups is 1. The minimum Gasteiger partial charge on any atom is -0.504 e. The molecule has 4 nitrogen and oxygen atoms in total. The van der Waals surface area contributed by atoms with Gasteiger partial charge in [0.2, 0.25) is 0 Å². The van der Waals surface area contributed by atoms with Gasteiger partial charge in [0.05, 0.1) is 14.2 Å². The van der Waals surface area contributed by atoms with E-state index < -0.39 is 0 Å². The predicted octanol–water partition coefficient (Wildman–Crippen LogP) is 4.35. The Hall–Kier alpha value is -2.75. The van der Waals surface area contributed by atoms with Crippen molar-refractivity contribution in [2.75, 3.05) is 14.2 Å². The number of carbonyl (C=O) groups excluding carboxylic acids is 1. The zero-order chi connectivity index (χ0) is 18.7. The molecule has 2 rings (SSSR count). The Kier molecular flexibility index (Phi) is 8.86. The Morgan fingerprint density at radius 2 is 1.72 bits per heavy atom. The van der Waals surface area contributed by atoms with E-state index in [0.717, 1.165) is 24.2 Å². The second-order valence-electron chi connectivity index (χ2n) is 5.55. The molecular formula is C21H26O4. The minimum absolute atomic E-state index is 0.172. The van der Waals surface area contributed by atoms with Crippen LogP contribution in [-0.4, -0.2) is 25.1 Å². The average Bonchev–Trinajstić information content (AvgIpc) is 2.62. The number of aryl methyl sites for hydroxylation is 1. The first kappa shape index (κ1) is 20.3. The van der Waals surface area contributed by atoms with Gasteiger partial charge in [0.25, 0.3) is 0 Å². The van der Waals surface area contributed by atoms with E-state index in [2.05, 4.69) is 6.58 Å². The summed E-state index contributed by atoms with van der Waals surface area (Å²) in [5, 5.41) is 9.25. The van der Waals surface area contributed by atoms with Gasteiger partial charge in [-0.3, -0.25) is 0 Å². The molecule has 0 radical (unpaired) electrons. The van der Waals surface area contributed by atoms with Crippen molar-refractivity contribution in [2.24, 2.45) is 0 Å². The first-order valence-corrected chi connectivity index (χ1v) is 8.09. The van der Waals surface area contributed by atoms with Crippen LogP contribution in [0.4, 0.5) is 0 Å². The Labute approximate surface area is 149 Å². The largest absolute Gasteiger partial charge is 0.504 e. The van der Waals surface area contributed by atoms with Crippen molar-refractivity contribution in [2.45, 2.75) is 26.2 Å². The van der Waals surface area contributed by atoms with Crippen LogP contribution < -0.4 is 9.47 Å². The first-order chi connectivity index (χ1) is 12.0. The standard InChI is InChI=1S/C11H14O2.C10H12O2/c1-9(12)3-4-10-5-7-11(13-2)8-6-10;1-3-4-8-5-6-9(11)10(7-8)12-2/h5-8H,3-4H2,1-2H3;3,5-7,11H,1,4H2,2H3. The summed E-state index contributed by atoms with van der Waals surface area (Å²) in [5.41, 5.74) is 2.26. The fraction of sp³-hybridized carbons (Fsp3) is 0.286. The quantitative estimate of drug-likeness (QED) is 0.760. The second kappa shape index (κ2) is 10.9. The number of rotatable bonds is 7. The maximum atomic E-state index is 10.7. The lowest BCUT2D eigenvalue weighted by molar-refractivity contribution is -0.116. The fourth-order valence-corrected chi connectivity index (χ4v) is 2.13. The molecule has 0 saturated carbocycles. The highest BCUT2D eigenvalue weighted by atomic mass is 16.5. The number of ether oxygens (including phenoxy) is 2. The van der Waals surface area contributed by atoms with Gasteiger partial charge in [0.15, 0.2) is 11.5 Å². The molecule has 0 aliphatic rings. The zero-order valence-corrected chi connectivity index (χ0v) is 15.1. The third-order valence-electron chi connectivity index (χ3n) is 3.55. The van der Waals surface area contributed by atoms with Crippen LogP contribution in [-0.2, 0) is 17.6 Å². The van der Waals surface area contributed by atoms with Gasteiger partial charge >= 0.3 is 0 Å². The van der Waals surface area contributed by atoms with E-state index in [0.29, 0.717) is 12.2 Å². The molecule has 0 atom stereocenters. The first-order valence-electron chi connectivity index (χ1n) is 8.09. The van der Waals surface area contributed by atoms with Crippen LogP contribution in [0.2, 0.25) is 0 Å². The molecule has 0 heterocycles. The molecule has 0 spiro atoms. The SMILES string of the molecule is C=CCc1ccc(O)c(OC)c1.COc1ccc(CCC(C)=O)cc1. The highest BCUT2D eigenvalue weighted by Crippen LogP contribution is 2.26. The van der Waals surface area contributed by atoms with Gasteiger partial charge < -0.3 is 19.4 Å². The van der Waals surface area contributed by atoms with Gasteiger partial charge in [-0.1, -0.05) is 24.3 Å². The summed E-state index contributed by atoms with van der Waals surface area (Å²) >= 11 is 0. The van der Waals surface area contributed by atoms with E-state index in [1.165, 1.54) is 12.7 Å². The summed E-state index contributed by atoms with van der Waals surface area (Å²) in [7, 11) is 3.18. The summed E-state index contributed by atoms with van der Waals surface area (Å²) in [6, 6.07) is 13.1. The summed E-state index contributed by atoms with van der Waals surface area (Å²) in [6.07, 6.45) is 4.04. The molecule has 0 saturated heterocycles. The number of benzene rings is 2.